The van der Waals surface area contributed by atoms with Crippen molar-refractivity contribution in [3.63, 3.8) is 0 Å². The monoisotopic (exact) mass is 390 g/mol. The lowest BCUT2D eigenvalue weighted by Crippen LogP contribution is -2.48. The number of likely N-dealkylation sites (tertiary alicyclic amines) is 1. The fourth-order valence-electron chi connectivity index (χ4n) is 3.95. The molecule has 0 bridgehead atoms. The third-order valence-corrected chi connectivity index (χ3v) is 5.21. The molecule has 6 heteroatoms. The molecule has 2 unspecified atom stereocenters. The van der Waals surface area contributed by atoms with Crippen molar-refractivity contribution in [1.82, 2.24) is 20.4 Å². The van der Waals surface area contributed by atoms with Crippen LogP contribution in [-0.2, 0) is 0 Å². The van der Waals surface area contributed by atoms with E-state index in [1.165, 1.54) is 18.4 Å². The molecule has 1 aromatic rings. The molecule has 2 rings (SSSR count). The molecule has 6 nitrogen and oxygen atoms in total. The Kier molecular flexibility index (Phi) is 9.06. The van der Waals surface area contributed by atoms with Crippen LogP contribution in [-0.4, -0.2) is 69.3 Å². The Labute approximate surface area is 170 Å². The third kappa shape index (κ3) is 7.32. The second kappa shape index (κ2) is 11.3. The average molecular weight is 391 g/mol. The summed E-state index contributed by atoms with van der Waals surface area (Å²) in [5, 5.41) is 6.29. The second-order valence-corrected chi connectivity index (χ2v) is 8.48. The van der Waals surface area contributed by atoms with Gasteiger partial charge < -0.3 is 20.3 Å². The summed E-state index contributed by atoms with van der Waals surface area (Å²) in [7, 11) is 5.76. The topological polar surface area (TPSA) is 56.8 Å². The molecular weight excluding hydrogens is 352 g/mol. The number of hydrogen-bond donors (Lipinski definition) is 2. The van der Waals surface area contributed by atoms with Crippen LogP contribution in [0.1, 0.15) is 44.7 Å². The number of nitrogens with one attached hydrogen (secondary N) is 2. The van der Waals surface area contributed by atoms with Gasteiger partial charge in [-0.1, -0.05) is 26.0 Å². The minimum atomic E-state index is -0.0785. The molecule has 1 heterocycles. The molecule has 1 saturated heterocycles. The fraction of sp³-hybridized carbons (Fsp3) is 0.682. The van der Waals surface area contributed by atoms with E-state index in [-0.39, 0.29) is 18.1 Å². The molecule has 0 radical (unpaired) electrons. The number of carbonyl (C=O) groups excluding carboxylic acids is 1. The van der Waals surface area contributed by atoms with Gasteiger partial charge in [0.1, 0.15) is 5.75 Å². The van der Waals surface area contributed by atoms with Gasteiger partial charge in [-0.15, -0.1) is 0 Å². The van der Waals surface area contributed by atoms with E-state index in [9.17, 15) is 4.79 Å². The zero-order valence-electron chi connectivity index (χ0n) is 18.2. The van der Waals surface area contributed by atoms with Gasteiger partial charge >= 0.3 is 6.03 Å². The third-order valence-electron chi connectivity index (χ3n) is 5.21. The Morgan fingerprint density at radius 2 is 1.82 bits per heavy atom. The molecule has 2 atom stereocenters. The highest BCUT2D eigenvalue weighted by atomic mass is 16.5. The first-order valence-corrected chi connectivity index (χ1v) is 10.5. The van der Waals surface area contributed by atoms with E-state index in [2.05, 4.69) is 46.4 Å². The number of methoxy groups -OCH3 is 1. The minimum Gasteiger partial charge on any atom is -0.497 e. The molecule has 1 fully saturated rings. The number of carbonyl (C=O) groups is 1. The zero-order valence-corrected chi connectivity index (χ0v) is 18.2. The van der Waals surface area contributed by atoms with Crippen LogP contribution in [0.5, 0.6) is 5.75 Å². The van der Waals surface area contributed by atoms with Gasteiger partial charge in [-0.05, 0) is 70.1 Å². The molecule has 28 heavy (non-hydrogen) atoms. The smallest absolute Gasteiger partial charge is 0.315 e. The number of hydrogen-bond acceptors (Lipinski definition) is 4. The van der Waals surface area contributed by atoms with Crippen LogP contribution in [0.4, 0.5) is 4.79 Å². The molecule has 2 amide bonds. The summed E-state index contributed by atoms with van der Waals surface area (Å²) < 4.78 is 5.28. The SMILES string of the molecule is COc1ccc(C(CNC(=O)NC(CC(C)C)CN(C)C)N2CCCC2)cc1. The van der Waals surface area contributed by atoms with E-state index in [4.69, 9.17) is 4.74 Å². The number of likely N-dealkylation sites (N-methyl/N-ethyl adjacent to an activating group) is 1. The maximum Gasteiger partial charge on any atom is 0.315 e. The molecule has 158 valence electrons. The maximum atomic E-state index is 12.6. The van der Waals surface area contributed by atoms with E-state index in [1.807, 2.05) is 26.2 Å². The van der Waals surface area contributed by atoms with Crippen LogP contribution in [0, 0.1) is 5.92 Å². The average Bonchev–Trinajstić information content (AvgIpc) is 3.15. The van der Waals surface area contributed by atoms with Crippen molar-refractivity contribution in [2.24, 2.45) is 5.92 Å². The van der Waals surface area contributed by atoms with Gasteiger partial charge in [0.25, 0.3) is 0 Å². The van der Waals surface area contributed by atoms with Crippen molar-refractivity contribution in [2.45, 2.75) is 45.2 Å². The van der Waals surface area contributed by atoms with Crippen molar-refractivity contribution < 1.29 is 9.53 Å². The summed E-state index contributed by atoms with van der Waals surface area (Å²) in [5.41, 5.74) is 1.22. The van der Waals surface area contributed by atoms with E-state index < -0.39 is 0 Å². The van der Waals surface area contributed by atoms with Gasteiger partial charge in [0.05, 0.1) is 13.2 Å². The predicted molar refractivity (Wildman–Crippen MR) is 115 cm³/mol. The number of rotatable bonds is 10. The second-order valence-electron chi connectivity index (χ2n) is 8.48. The summed E-state index contributed by atoms with van der Waals surface area (Å²) in [4.78, 5) is 17.2. The van der Waals surface area contributed by atoms with Gasteiger partial charge in [-0.2, -0.15) is 0 Å². The number of nitrogens with zero attached hydrogens (tertiary/aromatic N) is 2. The van der Waals surface area contributed by atoms with Crippen molar-refractivity contribution in [3.8, 4) is 5.75 Å². The summed E-state index contributed by atoms with van der Waals surface area (Å²) >= 11 is 0. The standard InChI is InChI=1S/C22H38N4O2/c1-17(2)14-19(16-25(3)4)24-22(27)23-15-21(26-12-6-7-13-26)18-8-10-20(28-5)11-9-18/h8-11,17,19,21H,6-7,12-16H2,1-5H3,(H2,23,24,27). The van der Waals surface area contributed by atoms with Crippen molar-refractivity contribution in [3.05, 3.63) is 29.8 Å². The molecule has 1 aliphatic rings. The van der Waals surface area contributed by atoms with Crippen LogP contribution in [0.3, 0.4) is 0 Å². The number of ether oxygens (including phenoxy) is 1. The quantitative estimate of drug-likeness (QED) is 0.645. The van der Waals surface area contributed by atoms with E-state index in [1.54, 1.807) is 7.11 Å². The Morgan fingerprint density at radius 3 is 2.36 bits per heavy atom. The first-order chi connectivity index (χ1) is 13.4. The maximum absolute atomic E-state index is 12.6. The van der Waals surface area contributed by atoms with Crippen molar-refractivity contribution in [1.29, 1.82) is 0 Å². The first-order valence-electron chi connectivity index (χ1n) is 10.5. The molecule has 0 aliphatic carbocycles. The van der Waals surface area contributed by atoms with Gasteiger partial charge in [-0.3, -0.25) is 4.90 Å². The number of urea groups is 1. The molecule has 0 saturated carbocycles. The van der Waals surface area contributed by atoms with Gasteiger partial charge in [0.2, 0.25) is 0 Å². The van der Waals surface area contributed by atoms with Crippen LogP contribution in [0.2, 0.25) is 0 Å². The largest absolute Gasteiger partial charge is 0.497 e. The summed E-state index contributed by atoms with van der Waals surface area (Å²) in [6, 6.07) is 8.47. The van der Waals surface area contributed by atoms with E-state index in [0.29, 0.717) is 12.5 Å². The Balaban J connectivity index is 1.98. The van der Waals surface area contributed by atoms with Gasteiger partial charge in [0, 0.05) is 19.1 Å². The number of amides is 2. The molecular formula is C22H38N4O2. The zero-order chi connectivity index (χ0) is 20.5. The lowest BCUT2D eigenvalue weighted by Gasteiger charge is -2.29. The lowest BCUT2D eigenvalue weighted by molar-refractivity contribution is 0.213. The summed E-state index contributed by atoms with van der Waals surface area (Å²) in [6.45, 7) is 7.99. The lowest BCUT2D eigenvalue weighted by atomic mass is 10.0. The molecule has 0 spiro atoms. The number of benzene rings is 1. The van der Waals surface area contributed by atoms with Crippen molar-refractivity contribution >= 4 is 6.03 Å². The Bertz CT molecular complexity index is 573. The van der Waals surface area contributed by atoms with E-state index >= 15 is 0 Å². The highest BCUT2D eigenvalue weighted by Gasteiger charge is 2.24. The van der Waals surface area contributed by atoms with E-state index in [0.717, 1.165) is 31.8 Å². The van der Waals surface area contributed by atoms with Crippen LogP contribution >= 0.6 is 0 Å². The summed E-state index contributed by atoms with van der Waals surface area (Å²) in [5.74, 6) is 1.40. The van der Waals surface area contributed by atoms with Crippen LogP contribution in [0.15, 0.2) is 24.3 Å². The fourth-order valence-corrected chi connectivity index (χ4v) is 3.95. The van der Waals surface area contributed by atoms with Crippen LogP contribution in [0.25, 0.3) is 0 Å². The molecule has 2 N–H and O–H groups in total. The minimum absolute atomic E-state index is 0.0785. The normalized spacial score (nSPS) is 17.0. The molecule has 1 aromatic carbocycles. The van der Waals surface area contributed by atoms with Crippen molar-refractivity contribution in [2.75, 3.05) is 47.4 Å². The highest BCUT2D eigenvalue weighted by molar-refractivity contribution is 5.74. The Morgan fingerprint density at radius 1 is 1.18 bits per heavy atom. The first kappa shape index (κ1) is 22.5. The Hall–Kier alpha value is -1.79. The van der Waals surface area contributed by atoms with Gasteiger partial charge in [0.15, 0.2) is 0 Å². The molecule has 1 aliphatic heterocycles. The summed E-state index contributed by atoms with van der Waals surface area (Å²) in [6.07, 6.45) is 3.41. The molecule has 0 aromatic heterocycles. The van der Waals surface area contributed by atoms with Gasteiger partial charge in [-0.25, -0.2) is 4.79 Å². The van der Waals surface area contributed by atoms with Crippen LogP contribution < -0.4 is 15.4 Å². The predicted octanol–water partition coefficient (Wildman–Crippen LogP) is 3.11. The highest BCUT2D eigenvalue weighted by Crippen LogP contribution is 2.26.